The summed E-state index contributed by atoms with van der Waals surface area (Å²) in [5.41, 5.74) is 1.39. The number of carbonyl (C=O) groups excluding carboxylic acids is 1. The lowest BCUT2D eigenvalue weighted by molar-refractivity contribution is -0.135. The van der Waals surface area contributed by atoms with Crippen molar-refractivity contribution in [1.82, 2.24) is 9.80 Å². The number of rotatable bonds is 6. The van der Waals surface area contributed by atoms with Crippen molar-refractivity contribution in [2.75, 3.05) is 27.7 Å². The Labute approximate surface area is 128 Å². The van der Waals surface area contributed by atoms with Gasteiger partial charge in [-0.25, -0.2) is 0 Å². The highest BCUT2D eigenvalue weighted by Crippen LogP contribution is 2.22. The van der Waals surface area contributed by atoms with Crippen molar-refractivity contribution in [3.05, 3.63) is 35.4 Å². The minimum absolute atomic E-state index is 0.0508. The maximum Gasteiger partial charge on any atom is 0.244 e. The van der Waals surface area contributed by atoms with E-state index in [1.54, 1.807) is 25.8 Å². The predicted octanol–water partition coefficient (Wildman–Crippen LogP) is 2.22. The zero-order chi connectivity index (χ0) is 16.2. The molecule has 1 rings (SSSR count). The molecule has 0 saturated heterocycles. The molecule has 0 radical (unpaired) electrons. The van der Waals surface area contributed by atoms with Crippen molar-refractivity contribution >= 4 is 5.91 Å². The fraction of sp³-hybridized carbons (Fsp3) is 0.588. The van der Waals surface area contributed by atoms with Gasteiger partial charge in [-0.2, -0.15) is 0 Å². The van der Waals surface area contributed by atoms with E-state index in [1.165, 1.54) is 0 Å². The number of amides is 1. The number of hydrogen-bond acceptors (Lipinski definition) is 3. The van der Waals surface area contributed by atoms with E-state index in [0.717, 1.165) is 11.1 Å². The lowest BCUT2D eigenvalue weighted by Crippen LogP contribution is -2.40. The molecule has 4 heteroatoms. The first-order valence-electron chi connectivity index (χ1n) is 7.32. The van der Waals surface area contributed by atoms with Crippen molar-refractivity contribution in [3.8, 4) is 0 Å². The van der Waals surface area contributed by atoms with Crippen LogP contribution in [0.4, 0.5) is 0 Å². The summed E-state index contributed by atoms with van der Waals surface area (Å²) in [4.78, 5) is 16.3. The van der Waals surface area contributed by atoms with E-state index in [0.29, 0.717) is 13.0 Å². The van der Waals surface area contributed by atoms with Gasteiger partial charge in [0, 0.05) is 13.6 Å². The van der Waals surface area contributed by atoms with Gasteiger partial charge in [-0.05, 0) is 46.9 Å². The van der Waals surface area contributed by atoms with Crippen LogP contribution in [0.3, 0.4) is 0 Å². The average Bonchev–Trinajstić information content (AvgIpc) is 2.34. The summed E-state index contributed by atoms with van der Waals surface area (Å²) in [5, 5.41) is 9.80. The maximum absolute atomic E-state index is 12.7. The molecule has 0 bridgehead atoms. The Bertz CT molecular complexity index is 478. The van der Waals surface area contributed by atoms with Crippen LogP contribution in [0.5, 0.6) is 0 Å². The van der Waals surface area contributed by atoms with E-state index in [2.05, 4.69) is 0 Å². The SMILES string of the molecule is Cc1cccc([C@H](C(=O)N(C)CCC(C)(C)O)N(C)C)c1. The summed E-state index contributed by atoms with van der Waals surface area (Å²) in [6.45, 7) is 6.09. The minimum Gasteiger partial charge on any atom is -0.390 e. The molecular formula is C17H28N2O2. The van der Waals surface area contributed by atoms with Gasteiger partial charge in [0.15, 0.2) is 0 Å². The summed E-state index contributed by atoms with van der Waals surface area (Å²) >= 11 is 0. The molecule has 1 atom stereocenters. The van der Waals surface area contributed by atoms with Crippen molar-refractivity contribution in [3.63, 3.8) is 0 Å². The number of likely N-dealkylation sites (N-methyl/N-ethyl adjacent to an activating group) is 2. The van der Waals surface area contributed by atoms with Crippen LogP contribution in [0.1, 0.15) is 37.4 Å². The molecule has 0 fully saturated rings. The van der Waals surface area contributed by atoms with Gasteiger partial charge in [-0.15, -0.1) is 0 Å². The molecule has 0 aliphatic heterocycles. The van der Waals surface area contributed by atoms with E-state index in [9.17, 15) is 9.90 Å². The second-order valence-electron chi connectivity index (χ2n) is 6.60. The average molecular weight is 292 g/mol. The van der Waals surface area contributed by atoms with Gasteiger partial charge in [-0.3, -0.25) is 9.69 Å². The molecule has 1 aromatic carbocycles. The minimum atomic E-state index is -0.758. The highest BCUT2D eigenvalue weighted by Gasteiger charge is 2.26. The predicted molar refractivity (Wildman–Crippen MR) is 86.2 cm³/mol. The second kappa shape index (κ2) is 7.05. The summed E-state index contributed by atoms with van der Waals surface area (Å²) in [6, 6.07) is 7.74. The Morgan fingerprint density at radius 1 is 1.29 bits per heavy atom. The number of benzene rings is 1. The molecule has 0 unspecified atom stereocenters. The molecule has 1 aromatic rings. The topological polar surface area (TPSA) is 43.8 Å². The van der Waals surface area contributed by atoms with E-state index in [1.807, 2.05) is 50.2 Å². The fourth-order valence-corrected chi connectivity index (χ4v) is 2.26. The van der Waals surface area contributed by atoms with E-state index in [-0.39, 0.29) is 11.9 Å². The first-order valence-corrected chi connectivity index (χ1v) is 7.32. The second-order valence-corrected chi connectivity index (χ2v) is 6.60. The first-order chi connectivity index (χ1) is 9.61. The zero-order valence-electron chi connectivity index (χ0n) is 14.1. The van der Waals surface area contributed by atoms with Crippen molar-refractivity contribution in [1.29, 1.82) is 0 Å². The summed E-state index contributed by atoms with van der Waals surface area (Å²) in [5.74, 6) is 0.0508. The third-order valence-electron chi connectivity index (χ3n) is 3.54. The highest BCUT2D eigenvalue weighted by atomic mass is 16.3. The van der Waals surface area contributed by atoms with Crippen LogP contribution < -0.4 is 0 Å². The third kappa shape index (κ3) is 5.48. The molecule has 21 heavy (non-hydrogen) atoms. The Hall–Kier alpha value is -1.39. The van der Waals surface area contributed by atoms with Gasteiger partial charge in [0.05, 0.1) is 5.60 Å². The molecule has 1 amide bonds. The zero-order valence-corrected chi connectivity index (χ0v) is 14.1. The molecular weight excluding hydrogens is 264 g/mol. The molecule has 0 heterocycles. The molecule has 0 saturated carbocycles. The Balaban J connectivity index is 2.88. The van der Waals surface area contributed by atoms with Gasteiger partial charge in [-0.1, -0.05) is 29.8 Å². The van der Waals surface area contributed by atoms with Gasteiger partial charge >= 0.3 is 0 Å². The maximum atomic E-state index is 12.7. The number of aryl methyl sites for hydroxylation is 1. The molecule has 1 N–H and O–H groups in total. The quantitative estimate of drug-likeness (QED) is 0.874. The third-order valence-corrected chi connectivity index (χ3v) is 3.54. The lowest BCUT2D eigenvalue weighted by Gasteiger charge is -2.30. The summed E-state index contributed by atoms with van der Waals surface area (Å²) in [6.07, 6.45) is 0.559. The summed E-state index contributed by atoms with van der Waals surface area (Å²) < 4.78 is 0. The van der Waals surface area contributed by atoms with Crippen LogP contribution in [0.15, 0.2) is 24.3 Å². The summed E-state index contributed by atoms with van der Waals surface area (Å²) in [7, 11) is 5.61. The Morgan fingerprint density at radius 2 is 1.90 bits per heavy atom. The lowest BCUT2D eigenvalue weighted by atomic mass is 10.0. The number of hydrogen-bond donors (Lipinski definition) is 1. The molecule has 4 nitrogen and oxygen atoms in total. The van der Waals surface area contributed by atoms with Gasteiger partial charge in [0.2, 0.25) is 5.91 Å². The smallest absolute Gasteiger partial charge is 0.244 e. The van der Waals surface area contributed by atoms with Crippen molar-refractivity contribution in [2.45, 2.75) is 38.8 Å². The van der Waals surface area contributed by atoms with Crippen LogP contribution in [-0.4, -0.2) is 54.1 Å². The van der Waals surface area contributed by atoms with Gasteiger partial charge in [0.25, 0.3) is 0 Å². The largest absolute Gasteiger partial charge is 0.390 e. The van der Waals surface area contributed by atoms with E-state index in [4.69, 9.17) is 0 Å². The van der Waals surface area contributed by atoms with Gasteiger partial charge < -0.3 is 10.0 Å². The number of carbonyl (C=O) groups is 1. The molecule has 0 aliphatic rings. The van der Waals surface area contributed by atoms with Crippen LogP contribution in [0, 0.1) is 6.92 Å². The standard InChI is InChI=1S/C17H28N2O2/c1-13-8-7-9-14(12-13)15(18(4)5)16(20)19(6)11-10-17(2,3)21/h7-9,12,15,21H,10-11H2,1-6H3/t15-/m1/s1. The normalized spacial score (nSPS) is 13.3. The monoisotopic (exact) mass is 292 g/mol. The number of nitrogens with zero attached hydrogens (tertiary/aromatic N) is 2. The fourth-order valence-electron chi connectivity index (χ4n) is 2.26. The van der Waals surface area contributed by atoms with Gasteiger partial charge in [0.1, 0.15) is 6.04 Å². The molecule has 0 aromatic heterocycles. The van der Waals surface area contributed by atoms with E-state index >= 15 is 0 Å². The highest BCUT2D eigenvalue weighted by molar-refractivity contribution is 5.83. The van der Waals surface area contributed by atoms with Crippen molar-refractivity contribution in [2.24, 2.45) is 0 Å². The van der Waals surface area contributed by atoms with Crippen LogP contribution in [-0.2, 0) is 4.79 Å². The Kier molecular flexibility index (Phi) is 5.93. The first kappa shape index (κ1) is 17.7. The van der Waals surface area contributed by atoms with Crippen molar-refractivity contribution < 1.29 is 9.90 Å². The Morgan fingerprint density at radius 3 is 2.38 bits per heavy atom. The van der Waals surface area contributed by atoms with E-state index < -0.39 is 5.60 Å². The molecule has 118 valence electrons. The van der Waals surface area contributed by atoms with Crippen LogP contribution in [0.2, 0.25) is 0 Å². The van der Waals surface area contributed by atoms with Crippen LogP contribution in [0.25, 0.3) is 0 Å². The molecule has 0 aliphatic carbocycles. The number of aliphatic hydroxyl groups is 1. The van der Waals surface area contributed by atoms with Crippen LogP contribution >= 0.6 is 0 Å². The molecule has 0 spiro atoms.